The maximum Gasteiger partial charge on any atom is 0.404 e. The van der Waals surface area contributed by atoms with Crippen molar-refractivity contribution in [1.82, 2.24) is 5.32 Å². The summed E-state index contributed by atoms with van der Waals surface area (Å²) in [6.45, 7) is 4.08. The fraction of sp³-hybridized carbons (Fsp3) is 0.538. The van der Waals surface area contributed by atoms with Gasteiger partial charge in [0.2, 0.25) is 0 Å². The molecule has 0 fully saturated rings. The van der Waals surface area contributed by atoms with E-state index in [-0.39, 0.29) is 6.42 Å². The van der Waals surface area contributed by atoms with Crippen molar-refractivity contribution in [3.8, 4) is 0 Å². The van der Waals surface area contributed by atoms with Gasteiger partial charge in [-0.15, -0.1) is 0 Å². The molecule has 17 heavy (non-hydrogen) atoms. The zero-order valence-electron chi connectivity index (χ0n) is 10.1. The van der Waals surface area contributed by atoms with Gasteiger partial charge in [0.05, 0.1) is 0 Å². The fourth-order valence-corrected chi connectivity index (χ4v) is 1.68. The number of benzene rings is 1. The van der Waals surface area contributed by atoms with E-state index in [0.29, 0.717) is 13.0 Å². The number of hydrogen-bond donors (Lipinski definition) is 1. The van der Waals surface area contributed by atoms with Crippen LogP contribution in [0.1, 0.15) is 24.5 Å². The van der Waals surface area contributed by atoms with Gasteiger partial charge in [0.1, 0.15) is 6.04 Å². The van der Waals surface area contributed by atoms with Crippen LogP contribution in [-0.2, 0) is 6.42 Å². The van der Waals surface area contributed by atoms with Gasteiger partial charge >= 0.3 is 6.18 Å². The Kier molecular flexibility index (Phi) is 5.00. The lowest BCUT2D eigenvalue weighted by atomic mass is 10.0. The van der Waals surface area contributed by atoms with Gasteiger partial charge in [-0.2, -0.15) is 13.2 Å². The third kappa shape index (κ3) is 4.38. The molecule has 0 saturated carbocycles. The number of nitrogens with one attached hydrogen (secondary N) is 1. The van der Waals surface area contributed by atoms with E-state index in [0.717, 1.165) is 11.1 Å². The third-order valence-corrected chi connectivity index (χ3v) is 2.72. The Balaban J connectivity index is 2.76. The van der Waals surface area contributed by atoms with Crippen molar-refractivity contribution in [1.29, 1.82) is 0 Å². The first-order valence-corrected chi connectivity index (χ1v) is 5.79. The molecule has 0 aromatic heterocycles. The largest absolute Gasteiger partial charge is 0.404 e. The van der Waals surface area contributed by atoms with Crippen molar-refractivity contribution < 1.29 is 13.2 Å². The summed E-state index contributed by atoms with van der Waals surface area (Å²) in [7, 11) is 0. The average molecular weight is 245 g/mol. The lowest BCUT2D eigenvalue weighted by molar-refractivity contribution is -0.155. The average Bonchev–Trinajstić information content (AvgIpc) is 2.25. The molecule has 1 nitrogen and oxygen atoms in total. The lowest BCUT2D eigenvalue weighted by Crippen LogP contribution is -2.44. The highest BCUT2D eigenvalue weighted by Gasteiger charge is 2.39. The molecule has 1 atom stereocenters. The van der Waals surface area contributed by atoms with Crippen molar-refractivity contribution in [2.45, 2.75) is 38.9 Å². The molecule has 0 aliphatic heterocycles. The predicted octanol–water partition coefficient (Wildman–Crippen LogP) is 3.47. The van der Waals surface area contributed by atoms with Crippen LogP contribution in [-0.4, -0.2) is 18.8 Å². The maximum absolute atomic E-state index is 12.8. The molecule has 1 aromatic rings. The van der Waals surface area contributed by atoms with E-state index in [1.165, 1.54) is 0 Å². The van der Waals surface area contributed by atoms with E-state index in [1.807, 2.05) is 26.0 Å². The smallest absolute Gasteiger partial charge is 0.306 e. The number of rotatable bonds is 5. The van der Waals surface area contributed by atoms with E-state index in [2.05, 4.69) is 5.32 Å². The topological polar surface area (TPSA) is 12.0 Å². The lowest BCUT2D eigenvalue weighted by Gasteiger charge is -2.22. The van der Waals surface area contributed by atoms with Crippen LogP contribution in [0.2, 0.25) is 0 Å². The summed E-state index contributed by atoms with van der Waals surface area (Å²) in [6.07, 6.45) is -3.51. The maximum atomic E-state index is 12.8. The minimum absolute atomic E-state index is 0.00380. The van der Waals surface area contributed by atoms with Gasteiger partial charge in [-0.05, 0) is 37.4 Å². The molecule has 0 bridgehead atoms. The Labute approximate surface area is 100 Å². The Bertz CT molecular complexity index is 347. The molecule has 0 saturated heterocycles. The molecule has 1 aromatic carbocycles. The quantitative estimate of drug-likeness (QED) is 0.837. The minimum Gasteiger partial charge on any atom is -0.306 e. The summed E-state index contributed by atoms with van der Waals surface area (Å²) < 4.78 is 38.4. The first-order valence-electron chi connectivity index (χ1n) is 5.79. The highest BCUT2D eigenvalue weighted by molar-refractivity contribution is 5.26. The van der Waals surface area contributed by atoms with Gasteiger partial charge in [-0.3, -0.25) is 0 Å². The van der Waals surface area contributed by atoms with Crippen molar-refractivity contribution in [3.63, 3.8) is 0 Å². The van der Waals surface area contributed by atoms with Gasteiger partial charge in [0.15, 0.2) is 0 Å². The Morgan fingerprint density at radius 1 is 1.24 bits per heavy atom. The second-order valence-electron chi connectivity index (χ2n) is 4.18. The minimum atomic E-state index is -4.20. The number of aryl methyl sites for hydroxylation is 1. The summed E-state index contributed by atoms with van der Waals surface area (Å²) in [6, 6.07) is 5.74. The number of alkyl halides is 3. The molecule has 0 spiro atoms. The molecular formula is C13H18F3N. The van der Waals surface area contributed by atoms with Crippen molar-refractivity contribution >= 4 is 0 Å². The summed E-state index contributed by atoms with van der Waals surface area (Å²) in [5.74, 6) is 0. The number of halogens is 3. The highest BCUT2D eigenvalue weighted by atomic mass is 19.4. The Morgan fingerprint density at radius 3 is 2.41 bits per heavy atom. The van der Waals surface area contributed by atoms with E-state index in [4.69, 9.17) is 0 Å². The molecule has 0 heterocycles. The summed E-state index contributed by atoms with van der Waals surface area (Å²) in [4.78, 5) is 0. The Hall–Kier alpha value is -1.03. The van der Waals surface area contributed by atoms with Gasteiger partial charge in [-0.1, -0.05) is 31.2 Å². The van der Waals surface area contributed by atoms with Crippen molar-refractivity contribution in [2.75, 3.05) is 6.54 Å². The summed E-state index contributed by atoms with van der Waals surface area (Å²) >= 11 is 0. The normalized spacial score (nSPS) is 13.7. The van der Waals surface area contributed by atoms with Gasteiger partial charge in [0.25, 0.3) is 0 Å². The van der Waals surface area contributed by atoms with Crippen LogP contribution in [0.5, 0.6) is 0 Å². The zero-order chi connectivity index (χ0) is 12.9. The standard InChI is InChI=1S/C13H18F3N/c1-3-8-17-12(13(14,15)16)9-11-7-5-4-6-10(11)2/h4-7,12,17H,3,8-9H2,1-2H3. The molecule has 1 N–H and O–H groups in total. The predicted molar refractivity (Wildman–Crippen MR) is 63.0 cm³/mol. The second kappa shape index (κ2) is 6.05. The van der Waals surface area contributed by atoms with E-state index >= 15 is 0 Å². The summed E-state index contributed by atoms with van der Waals surface area (Å²) in [5.41, 5.74) is 1.65. The summed E-state index contributed by atoms with van der Waals surface area (Å²) in [5, 5.41) is 2.56. The van der Waals surface area contributed by atoms with E-state index < -0.39 is 12.2 Å². The van der Waals surface area contributed by atoms with Crippen molar-refractivity contribution in [3.05, 3.63) is 35.4 Å². The first-order chi connectivity index (χ1) is 7.95. The van der Waals surface area contributed by atoms with Crippen LogP contribution in [0.4, 0.5) is 13.2 Å². The van der Waals surface area contributed by atoms with Crippen LogP contribution in [0.3, 0.4) is 0 Å². The molecule has 96 valence electrons. The SMILES string of the molecule is CCCNC(Cc1ccccc1C)C(F)(F)F. The molecule has 1 rings (SSSR count). The second-order valence-corrected chi connectivity index (χ2v) is 4.18. The molecule has 4 heteroatoms. The first kappa shape index (κ1) is 14.0. The van der Waals surface area contributed by atoms with Crippen LogP contribution in [0.15, 0.2) is 24.3 Å². The van der Waals surface area contributed by atoms with E-state index in [9.17, 15) is 13.2 Å². The van der Waals surface area contributed by atoms with Crippen LogP contribution in [0.25, 0.3) is 0 Å². The van der Waals surface area contributed by atoms with Crippen molar-refractivity contribution in [2.24, 2.45) is 0 Å². The molecule has 0 aliphatic rings. The molecule has 0 aliphatic carbocycles. The molecule has 0 amide bonds. The zero-order valence-corrected chi connectivity index (χ0v) is 10.1. The highest BCUT2D eigenvalue weighted by Crippen LogP contribution is 2.24. The molecular weight excluding hydrogens is 227 g/mol. The monoisotopic (exact) mass is 245 g/mol. The molecule has 0 radical (unpaired) electrons. The van der Waals surface area contributed by atoms with Gasteiger partial charge in [-0.25, -0.2) is 0 Å². The van der Waals surface area contributed by atoms with Crippen LogP contribution >= 0.6 is 0 Å². The van der Waals surface area contributed by atoms with Gasteiger partial charge in [0, 0.05) is 0 Å². The Morgan fingerprint density at radius 2 is 1.88 bits per heavy atom. The van der Waals surface area contributed by atoms with Gasteiger partial charge < -0.3 is 5.32 Å². The molecule has 1 unspecified atom stereocenters. The third-order valence-electron chi connectivity index (χ3n) is 2.72. The van der Waals surface area contributed by atoms with Crippen LogP contribution < -0.4 is 5.32 Å². The van der Waals surface area contributed by atoms with Crippen LogP contribution in [0, 0.1) is 6.92 Å². The number of hydrogen-bond acceptors (Lipinski definition) is 1. The fourth-order valence-electron chi connectivity index (χ4n) is 1.68. The van der Waals surface area contributed by atoms with E-state index in [1.54, 1.807) is 12.1 Å².